The molecule has 0 radical (unpaired) electrons. The van der Waals surface area contributed by atoms with E-state index < -0.39 is 0 Å². The second-order valence-electron chi connectivity index (χ2n) is 13.6. The Kier molecular flexibility index (Phi) is 6.52. The fourth-order valence-electron chi connectivity index (χ4n) is 7.95. The van der Waals surface area contributed by atoms with E-state index in [4.69, 9.17) is 19.4 Å². The van der Waals surface area contributed by atoms with E-state index in [9.17, 15) is 0 Å². The number of nitrogens with zero attached hydrogens (tertiary/aromatic N) is 3. The van der Waals surface area contributed by atoms with Crippen molar-refractivity contribution >= 4 is 65.0 Å². The third-order valence-electron chi connectivity index (χ3n) is 10.5. The molecule has 53 heavy (non-hydrogen) atoms. The van der Waals surface area contributed by atoms with E-state index in [1.807, 2.05) is 6.07 Å². The van der Waals surface area contributed by atoms with Gasteiger partial charge in [0.2, 0.25) is 0 Å². The van der Waals surface area contributed by atoms with Gasteiger partial charge >= 0.3 is 0 Å². The highest BCUT2D eigenvalue weighted by Gasteiger charge is 2.22. The zero-order valence-electron chi connectivity index (χ0n) is 28.5. The average molecular weight is 676 g/mol. The predicted molar refractivity (Wildman–Crippen MR) is 219 cm³/mol. The van der Waals surface area contributed by atoms with Crippen LogP contribution < -0.4 is 0 Å². The first-order valence-corrected chi connectivity index (χ1v) is 17.9. The van der Waals surface area contributed by atoms with Crippen LogP contribution in [0.3, 0.4) is 0 Å². The molecule has 0 fully saturated rings. The second-order valence-corrected chi connectivity index (χ2v) is 13.6. The van der Waals surface area contributed by atoms with Crippen molar-refractivity contribution < 1.29 is 4.42 Å². The highest BCUT2D eigenvalue weighted by molar-refractivity contribution is 6.21. The standard InChI is InChI=1S/C49H29N3O/c1-2-13-31(14-3-1)38-26-27-42(44-41-25-24-32-15-6-9-19-37(32)45(41)53-46(38)44)48-50-47(35-23-22-30-12-4-5-16-33(30)28-35)51-49(52-48)43-29-34-17-7-8-18-36(34)39-20-10-11-21-40(39)43/h1-29H. The van der Waals surface area contributed by atoms with Crippen molar-refractivity contribution in [2.75, 3.05) is 0 Å². The maximum absolute atomic E-state index is 6.93. The number of hydrogen-bond acceptors (Lipinski definition) is 4. The first-order chi connectivity index (χ1) is 26.3. The Hall–Kier alpha value is -7.17. The van der Waals surface area contributed by atoms with Gasteiger partial charge in [0, 0.05) is 38.4 Å². The highest BCUT2D eigenvalue weighted by atomic mass is 16.3. The van der Waals surface area contributed by atoms with Crippen molar-refractivity contribution in [3.05, 3.63) is 176 Å². The number of aromatic nitrogens is 3. The van der Waals surface area contributed by atoms with Crippen molar-refractivity contribution in [2.24, 2.45) is 0 Å². The fourth-order valence-corrected chi connectivity index (χ4v) is 7.95. The molecule has 0 saturated carbocycles. The lowest BCUT2D eigenvalue weighted by molar-refractivity contribution is 0.674. The van der Waals surface area contributed by atoms with Crippen molar-refractivity contribution in [3.8, 4) is 45.3 Å². The van der Waals surface area contributed by atoms with Crippen LogP contribution in [0.4, 0.5) is 0 Å². The normalized spacial score (nSPS) is 11.8. The number of rotatable bonds is 4. The maximum Gasteiger partial charge on any atom is 0.164 e. The number of hydrogen-bond donors (Lipinski definition) is 0. The van der Waals surface area contributed by atoms with Gasteiger partial charge in [-0.25, -0.2) is 15.0 Å². The Morgan fingerprint density at radius 3 is 1.74 bits per heavy atom. The molecule has 0 spiro atoms. The van der Waals surface area contributed by atoms with Gasteiger partial charge in [-0.3, -0.25) is 0 Å². The molecular weight excluding hydrogens is 647 g/mol. The van der Waals surface area contributed by atoms with Gasteiger partial charge in [-0.1, -0.05) is 146 Å². The molecule has 9 aromatic carbocycles. The van der Waals surface area contributed by atoms with E-state index in [1.54, 1.807) is 0 Å². The molecule has 0 aliphatic carbocycles. The lowest BCUT2D eigenvalue weighted by atomic mass is 9.96. The molecule has 2 heterocycles. The van der Waals surface area contributed by atoms with E-state index in [0.717, 1.165) is 82.1 Å². The van der Waals surface area contributed by atoms with Crippen molar-refractivity contribution in [1.29, 1.82) is 0 Å². The van der Waals surface area contributed by atoms with Gasteiger partial charge in [-0.15, -0.1) is 0 Å². The summed E-state index contributed by atoms with van der Waals surface area (Å²) in [7, 11) is 0. The summed E-state index contributed by atoms with van der Waals surface area (Å²) in [5, 5.41) is 11.1. The summed E-state index contributed by atoms with van der Waals surface area (Å²) in [4.78, 5) is 15.9. The van der Waals surface area contributed by atoms with Crippen LogP contribution in [0.2, 0.25) is 0 Å². The molecule has 4 nitrogen and oxygen atoms in total. The van der Waals surface area contributed by atoms with E-state index in [2.05, 4.69) is 170 Å². The van der Waals surface area contributed by atoms with Gasteiger partial charge in [0.25, 0.3) is 0 Å². The first-order valence-electron chi connectivity index (χ1n) is 17.9. The van der Waals surface area contributed by atoms with Crippen LogP contribution in [0.15, 0.2) is 180 Å². The number of fused-ring (bicyclic) bond motifs is 9. The number of benzene rings is 9. The van der Waals surface area contributed by atoms with Crippen molar-refractivity contribution in [1.82, 2.24) is 15.0 Å². The summed E-state index contributed by atoms with van der Waals surface area (Å²) in [6, 6.07) is 61.5. The zero-order chi connectivity index (χ0) is 34.9. The van der Waals surface area contributed by atoms with Crippen LogP contribution in [0.5, 0.6) is 0 Å². The van der Waals surface area contributed by atoms with Gasteiger partial charge in [0.1, 0.15) is 11.2 Å². The summed E-state index contributed by atoms with van der Waals surface area (Å²) in [5.74, 6) is 1.83. The molecule has 0 saturated heterocycles. The summed E-state index contributed by atoms with van der Waals surface area (Å²) >= 11 is 0. The van der Waals surface area contributed by atoms with Crippen LogP contribution in [-0.2, 0) is 0 Å². The summed E-state index contributed by atoms with van der Waals surface area (Å²) in [5.41, 5.74) is 6.56. The third kappa shape index (κ3) is 4.73. The van der Waals surface area contributed by atoms with Crippen molar-refractivity contribution in [3.63, 3.8) is 0 Å². The fraction of sp³-hybridized carbons (Fsp3) is 0. The van der Waals surface area contributed by atoms with Crippen LogP contribution in [0.1, 0.15) is 0 Å². The average Bonchev–Trinajstić information content (AvgIpc) is 3.63. The molecule has 0 bridgehead atoms. The molecule has 0 aliphatic rings. The molecule has 0 unspecified atom stereocenters. The Labute approximate surface area is 304 Å². The SMILES string of the molecule is c1ccc(-c2ccc(-c3nc(-c4ccc5ccccc5c4)nc(-c4cc5ccccc5c5ccccc45)n3)c3c2oc2c4ccccc4ccc23)cc1. The zero-order valence-corrected chi connectivity index (χ0v) is 28.5. The highest BCUT2D eigenvalue weighted by Crippen LogP contribution is 2.44. The predicted octanol–water partition coefficient (Wildman–Crippen LogP) is 13.1. The van der Waals surface area contributed by atoms with Gasteiger partial charge in [0.15, 0.2) is 17.5 Å². The minimum Gasteiger partial charge on any atom is -0.455 e. The van der Waals surface area contributed by atoms with E-state index in [1.165, 1.54) is 10.8 Å². The Bertz CT molecular complexity index is 3240. The van der Waals surface area contributed by atoms with Gasteiger partial charge in [-0.2, -0.15) is 0 Å². The summed E-state index contributed by atoms with van der Waals surface area (Å²) in [6.45, 7) is 0. The van der Waals surface area contributed by atoms with Crippen LogP contribution in [-0.4, -0.2) is 15.0 Å². The molecule has 0 amide bonds. The minimum absolute atomic E-state index is 0.593. The van der Waals surface area contributed by atoms with E-state index in [-0.39, 0.29) is 0 Å². The second kappa shape index (κ2) is 11.7. The Balaban J connectivity index is 1.24. The lowest BCUT2D eigenvalue weighted by Crippen LogP contribution is -2.01. The van der Waals surface area contributed by atoms with Crippen LogP contribution in [0, 0.1) is 0 Å². The molecular formula is C49H29N3O. The lowest BCUT2D eigenvalue weighted by Gasteiger charge is -2.13. The van der Waals surface area contributed by atoms with Gasteiger partial charge in [-0.05, 0) is 73.6 Å². The van der Waals surface area contributed by atoms with Crippen molar-refractivity contribution in [2.45, 2.75) is 0 Å². The maximum atomic E-state index is 6.93. The minimum atomic E-state index is 0.593. The molecule has 4 heteroatoms. The number of furan rings is 1. The smallest absolute Gasteiger partial charge is 0.164 e. The molecule has 0 N–H and O–H groups in total. The molecule has 246 valence electrons. The Morgan fingerprint density at radius 2 is 0.906 bits per heavy atom. The molecule has 0 aliphatic heterocycles. The quantitative estimate of drug-likeness (QED) is 0.174. The molecule has 11 rings (SSSR count). The van der Waals surface area contributed by atoms with Gasteiger partial charge < -0.3 is 4.42 Å². The topological polar surface area (TPSA) is 51.8 Å². The largest absolute Gasteiger partial charge is 0.455 e. The van der Waals surface area contributed by atoms with E-state index in [0.29, 0.717) is 17.5 Å². The molecule has 2 aromatic heterocycles. The summed E-state index contributed by atoms with van der Waals surface area (Å²) in [6.07, 6.45) is 0. The van der Waals surface area contributed by atoms with Gasteiger partial charge in [0.05, 0.1) is 0 Å². The van der Waals surface area contributed by atoms with E-state index >= 15 is 0 Å². The molecule has 0 atom stereocenters. The summed E-state index contributed by atoms with van der Waals surface area (Å²) < 4.78 is 6.93. The van der Waals surface area contributed by atoms with Crippen LogP contribution >= 0.6 is 0 Å². The monoisotopic (exact) mass is 675 g/mol. The third-order valence-corrected chi connectivity index (χ3v) is 10.5. The first kappa shape index (κ1) is 29.5. The molecule has 11 aromatic rings. The van der Waals surface area contributed by atoms with Crippen LogP contribution in [0.25, 0.3) is 110 Å². The Morgan fingerprint density at radius 1 is 0.302 bits per heavy atom.